The summed E-state index contributed by atoms with van der Waals surface area (Å²) in [5.74, 6) is -0.325. The van der Waals surface area contributed by atoms with Crippen molar-refractivity contribution in [2.75, 3.05) is 10.2 Å². The Balaban J connectivity index is 1.71. The molecule has 35 heavy (non-hydrogen) atoms. The van der Waals surface area contributed by atoms with E-state index in [-0.39, 0.29) is 23.5 Å². The maximum absolute atomic E-state index is 14.4. The van der Waals surface area contributed by atoms with Crippen molar-refractivity contribution in [2.45, 2.75) is 45.1 Å². The molecule has 0 saturated heterocycles. The number of ketones is 1. The minimum atomic E-state index is -0.702. The molecule has 178 valence electrons. The van der Waals surface area contributed by atoms with E-state index < -0.39 is 11.9 Å². The molecule has 0 bridgehead atoms. The first-order valence-electron chi connectivity index (χ1n) is 12.2. The van der Waals surface area contributed by atoms with Crippen molar-refractivity contribution in [1.82, 2.24) is 0 Å². The molecule has 0 unspecified atom stereocenters. The lowest BCUT2D eigenvalue weighted by Crippen LogP contribution is -2.39. The van der Waals surface area contributed by atoms with Crippen LogP contribution in [-0.4, -0.2) is 11.7 Å². The summed E-state index contributed by atoms with van der Waals surface area (Å²) in [6, 6.07) is 23.2. The molecule has 1 heterocycles. The molecule has 0 spiro atoms. The lowest BCUT2D eigenvalue weighted by atomic mass is 9.78. The summed E-state index contributed by atoms with van der Waals surface area (Å²) in [6.45, 7) is 4.00. The summed E-state index contributed by atoms with van der Waals surface area (Å²) in [5, 5.41) is 3.52. The van der Waals surface area contributed by atoms with Gasteiger partial charge in [0.05, 0.1) is 17.4 Å². The fourth-order valence-electron chi connectivity index (χ4n) is 5.27. The fraction of sp³-hybridized carbons (Fsp3) is 0.267. The molecule has 0 radical (unpaired) electrons. The van der Waals surface area contributed by atoms with Crippen LogP contribution in [0.5, 0.6) is 0 Å². The normalized spacial score (nSPS) is 19.7. The summed E-state index contributed by atoms with van der Waals surface area (Å²) in [4.78, 5) is 29.3. The number of nitrogens with zero attached hydrogens (tertiary/aromatic N) is 1. The number of Topliss-reactive ketones (excluding diaryl/α,β-unsaturated/α-hetero) is 1. The number of halogens is 1. The van der Waals surface area contributed by atoms with Gasteiger partial charge in [-0.1, -0.05) is 68.4 Å². The zero-order valence-corrected chi connectivity index (χ0v) is 20.0. The molecule has 5 heteroatoms. The molecule has 1 amide bonds. The van der Waals surface area contributed by atoms with Gasteiger partial charge in [0.1, 0.15) is 5.82 Å². The molecule has 0 saturated carbocycles. The van der Waals surface area contributed by atoms with E-state index in [0.717, 1.165) is 16.9 Å². The average molecular weight is 469 g/mol. The maximum atomic E-state index is 14.4. The Hall–Kier alpha value is -3.73. The summed E-state index contributed by atoms with van der Waals surface area (Å²) in [5.41, 5.74) is 4.54. The fourth-order valence-corrected chi connectivity index (χ4v) is 5.27. The summed E-state index contributed by atoms with van der Waals surface area (Å²) in [7, 11) is 0. The number of carbonyl (C=O) groups excluding carboxylic acids is 2. The molecule has 0 fully saturated rings. The number of nitrogens with one attached hydrogen (secondary N) is 1. The van der Waals surface area contributed by atoms with Crippen LogP contribution in [0.3, 0.4) is 0 Å². The van der Waals surface area contributed by atoms with Gasteiger partial charge in [-0.05, 0) is 53.6 Å². The third-order valence-electron chi connectivity index (χ3n) is 6.78. The van der Waals surface area contributed by atoms with Crippen LogP contribution >= 0.6 is 0 Å². The Labute approximate surface area is 205 Å². The molecular formula is C30H29FN2O2. The van der Waals surface area contributed by atoms with Crippen LogP contribution < -0.4 is 10.2 Å². The summed E-state index contributed by atoms with van der Waals surface area (Å²) >= 11 is 0. The van der Waals surface area contributed by atoms with Gasteiger partial charge in [0, 0.05) is 24.1 Å². The van der Waals surface area contributed by atoms with Crippen molar-refractivity contribution in [1.29, 1.82) is 0 Å². The quantitative estimate of drug-likeness (QED) is 0.460. The minimum Gasteiger partial charge on any atom is -0.357 e. The molecule has 4 nitrogen and oxygen atoms in total. The minimum absolute atomic E-state index is 0.0167. The molecule has 1 aliphatic carbocycles. The summed E-state index contributed by atoms with van der Waals surface area (Å²) < 4.78 is 14.4. The van der Waals surface area contributed by atoms with Gasteiger partial charge in [-0.2, -0.15) is 0 Å². The van der Waals surface area contributed by atoms with Gasteiger partial charge in [0.2, 0.25) is 5.91 Å². The number of amides is 1. The van der Waals surface area contributed by atoms with Crippen molar-refractivity contribution in [3.63, 3.8) is 0 Å². The van der Waals surface area contributed by atoms with Gasteiger partial charge in [-0.15, -0.1) is 0 Å². The zero-order chi connectivity index (χ0) is 24.5. The van der Waals surface area contributed by atoms with Crippen molar-refractivity contribution in [3.05, 3.63) is 107 Å². The summed E-state index contributed by atoms with van der Waals surface area (Å²) in [6.07, 6.45) is 1.31. The van der Waals surface area contributed by atoms with Crippen LogP contribution in [-0.2, 0) is 9.59 Å². The highest BCUT2D eigenvalue weighted by Gasteiger charge is 2.41. The molecule has 1 N–H and O–H groups in total. The van der Waals surface area contributed by atoms with Crippen molar-refractivity contribution in [2.24, 2.45) is 5.92 Å². The van der Waals surface area contributed by atoms with Gasteiger partial charge in [0.25, 0.3) is 0 Å². The second-order valence-corrected chi connectivity index (χ2v) is 9.79. The van der Waals surface area contributed by atoms with Crippen LogP contribution in [0, 0.1) is 11.7 Å². The highest BCUT2D eigenvalue weighted by Crippen LogP contribution is 2.47. The molecule has 3 aromatic carbocycles. The van der Waals surface area contributed by atoms with Crippen LogP contribution in [0.4, 0.5) is 15.8 Å². The Morgan fingerprint density at radius 3 is 2.43 bits per heavy atom. The molecular weight excluding hydrogens is 439 g/mol. The van der Waals surface area contributed by atoms with Crippen molar-refractivity contribution >= 4 is 23.1 Å². The van der Waals surface area contributed by atoms with E-state index >= 15 is 0 Å². The topological polar surface area (TPSA) is 49.4 Å². The van der Waals surface area contributed by atoms with E-state index in [1.807, 2.05) is 56.3 Å². The number of rotatable bonds is 4. The Bertz CT molecular complexity index is 1300. The molecule has 5 rings (SSSR count). The van der Waals surface area contributed by atoms with Gasteiger partial charge in [-0.25, -0.2) is 4.39 Å². The third-order valence-corrected chi connectivity index (χ3v) is 6.78. The number of carbonyl (C=O) groups is 2. The van der Waals surface area contributed by atoms with E-state index in [9.17, 15) is 14.0 Å². The molecule has 0 aromatic heterocycles. The smallest absolute Gasteiger partial charge is 0.228 e. The SMILES string of the molecule is CC(C)CC(=O)N1c2ccccc2NC2=C(C(=O)C[C@@H](c3ccccc3)C2)[C@H]1c1cccc(F)c1. The third kappa shape index (κ3) is 4.51. The number of para-hydroxylation sites is 2. The molecule has 2 atom stereocenters. The van der Waals surface area contributed by atoms with Crippen molar-refractivity contribution in [3.8, 4) is 0 Å². The zero-order valence-electron chi connectivity index (χ0n) is 20.0. The highest BCUT2D eigenvalue weighted by atomic mass is 19.1. The predicted octanol–water partition coefficient (Wildman–Crippen LogP) is 6.77. The predicted molar refractivity (Wildman–Crippen MR) is 137 cm³/mol. The van der Waals surface area contributed by atoms with E-state index in [1.54, 1.807) is 17.0 Å². The number of allylic oxidation sites excluding steroid dienone is 1. The maximum Gasteiger partial charge on any atom is 0.228 e. The number of hydrogen-bond acceptors (Lipinski definition) is 3. The molecule has 3 aromatic rings. The Kier molecular flexibility index (Phi) is 6.25. The lowest BCUT2D eigenvalue weighted by molar-refractivity contribution is -0.119. The second-order valence-electron chi connectivity index (χ2n) is 9.79. The first kappa shape index (κ1) is 23.0. The van der Waals surface area contributed by atoms with E-state index in [2.05, 4.69) is 17.4 Å². The van der Waals surface area contributed by atoms with Gasteiger partial charge in [0.15, 0.2) is 5.78 Å². The Morgan fingerprint density at radius 2 is 1.69 bits per heavy atom. The average Bonchev–Trinajstić information content (AvgIpc) is 2.99. The number of fused-ring (bicyclic) bond motifs is 1. The van der Waals surface area contributed by atoms with Crippen LogP contribution in [0.1, 0.15) is 56.2 Å². The van der Waals surface area contributed by atoms with Crippen molar-refractivity contribution < 1.29 is 14.0 Å². The Morgan fingerprint density at radius 1 is 0.971 bits per heavy atom. The monoisotopic (exact) mass is 468 g/mol. The lowest BCUT2D eigenvalue weighted by Gasteiger charge is -2.35. The number of hydrogen-bond donors (Lipinski definition) is 1. The van der Waals surface area contributed by atoms with Gasteiger partial charge >= 0.3 is 0 Å². The highest BCUT2D eigenvalue weighted by molar-refractivity contribution is 6.06. The standard InChI is InChI=1S/C30H29FN2O2/c1-19(2)15-28(35)33-26-14-7-6-13-24(26)32-25-17-22(20-9-4-3-5-10-20)18-27(34)29(25)30(33)21-11-8-12-23(31)16-21/h3-14,16,19,22,30,32H,15,17-18H2,1-2H3/t22-,30+/m0/s1. The van der Waals surface area contributed by atoms with Crippen LogP contribution in [0.2, 0.25) is 0 Å². The first-order valence-corrected chi connectivity index (χ1v) is 12.2. The van der Waals surface area contributed by atoms with E-state index in [4.69, 9.17) is 0 Å². The number of benzene rings is 3. The van der Waals surface area contributed by atoms with Gasteiger partial charge in [-0.3, -0.25) is 14.5 Å². The van der Waals surface area contributed by atoms with Crippen LogP contribution in [0.15, 0.2) is 90.1 Å². The molecule has 1 aliphatic heterocycles. The van der Waals surface area contributed by atoms with E-state index in [1.165, 1.54) is 12.1 Å². The number of anilines is 2. The molecule has 2 aliphatic rings. The van der Waals surface area contributed by atoms with Gasteiger partial charge < -0.3 is 5.32 Å². The largest absolute Gasteiger partial charge is 0.357 e. The second kappa shape index (κ2) is 9.49. The van der Waals surface area contributed by atoms with Crippen LogP contribution in [0.25, 0.3) is 0 Å². The first-order chi connectivity index (χ1) is 16.9. The van der Waals surface area contributed by atoms with E-state index in [0.29, 0.717) is 36.1 Å².